The number of rotatable bonds is 3. The Morgan fingerprint density at radius 2 is 1.77 bits per heavy atom. The Kier molecular flexibility index (Phi) is 4.20. The Morgan fingerprint density at radius 3 is 2.15 bits per heavy atom. The maximum Gasteiger partial charge on any atom is 0.0800 e. The number of hydrogen-bond acceptors (Lipinski definition) is 2. The fourth-order valence-corrected chi connectivity index (χ4v) is 2.31. The number of methoxy groups -OCH3 is 1. The Balaban J connectivity index is 2.55. The van der Waals surface area contributed by atoms with Crippen LogP contribution in [0.15, 0.2) is 0 Å². The maximum absolute atomic E-state index is 5.77. The van der Waals surface area contributed by atoms with Crippen molar-refractivity contribution < 1.29 is 4.74 Å². The standard InChI is InChI=1S/C11H23NO/c1-11(9-12,13-2)10-7-5-3-4-6-8-10/h10H,3-9,12H2,1-2H3. The lowest BCUT2D eigenvalue weighted by molar-refractivity contribution is -0.0408. The van der Waals surface area contributed by atoms with Crippen LogP contribution in [0.3, 0.4) is 0 Å². The van der Waals surface area contributed by atoms with E-state index in [1.807, 2.05) is 0 Å². The Morgan fingerprint density at radius 1 is 1.23 bits per heavy atom. The van der Waals surface area contributed by atoms with Gasteiger partial charge in [0.05, 0.1) is 5.60 Å². The van der Waals surface area contributed by atoms with E-state index in [0.29, 0.717) is 12.5 Å². The van der Waals surface area contributed by atoms with Crippen molar-refractivity contribution >= 4 is 0 Å². The first-order valence-electron chi connectivity index (χ1n) is 5.48. The Hall–Kier alpha value is -0.0800. The molecule has 0 aromatic rings. The highest BCUT2D eigenvalue weighted by molar-refractivity contribution is 4.85. The molecule has 0 bridgehead atoms. The molecule has 0 aliphatic heterocycles. The van der Waals surface area contributed by atoms with Gasteiger partial charge in [-0.15, -0.1) is 0 Å². The molecule has 13 heavy (non-hydrogen) atoms. The second kappa shape index (κ2) is 4.97. The van der Waals surface area contributed by atoms with Crippen LogP contribution in [0.1, 0.15) is 45.4 Å². The molecule has 1 aliphatic rings. The molecule has 1 saturated carbocycles. The van der Waals surface area contributed by atoms with Crippen LogP contribution in [0.4, 0.5) is 0 Å². The van der Waals surface area contributed by atoms with Gasteiger partial charge < -0.3 is 10.5 Å². The second-order valence-corrected chi connectivity index (χ2v) is 4.41. The van der Waals surface area contributed by atoms with E-state index in [-0.39, 0.29) is 5.60 Å². The normalized spacial score (nSPS) is 25.2. The summed E-state index contributed by atoms with van der Waals surface area (Å²) in [7, 11) is 1.79. The Labute approximate surface area is 81.8 Å². The molecule has 1 rings (SSSR count). The van der Waals surface area contributed by atoms with Gasteiger partial charge in [0.1, 0.15) is 0 Å². The van der Waals surface area contributed by atoms with E-state index < -0.39 is 0 Å². The third-order valence-corrected chi connectivity index (χ3v) is 3.59. The molecule has 1 fully saturated rings. The second-order valence-electron chi connectivity index (χ2n) is 4.41. The first-order valence-corrected chi connectivity index (χ1v) is 5.48. The lowest BCUT2D eigenvalue weighted by atomic mass is 9.83. The van der Waals surface area contributed by atoms with Crippen molar-refractivity contribution in [3.63, 3.8) is 0 Å². The van der Waals surface area contributed by atoms with E-state index in [0.717, 1.165) is 0 Å². The monoisotopic (exact) mass is 185 g/mol. The molecule has 0 amide bonds. The predicted molar refractivity (Wildman–Crippen MR) is 55.7 cm³/mol. The van der Waals surface area contributed by atoms with Crippen molar-refractivity contribution in [3.05, 3.63) is 0 Å². The summed E-state index contributed by atoms with van der Waals surface area (Å²) >= 11 is 0. The third kappa shape index (κ3) is 2.68. The first-order chi connectivity index (χ1) is 6.23. The van der Waals surface area contributed by atoms with Crippen LogP contribution < -0.4 is 5.73 Å². The summed E-state index contributed by atoms with van der Waals surface area (Å²) in [6.45, 7) is 2.80. The molecule has 0 saturated heterocycles. The van der Waals surface area contributed by atoms with Gasteiger partial charge in [-0.3, -0.25) is 0 Å². The van der Waals surface area contributed by atoms with Crippen molar-refractivity contribution in [1.29, 1.82) is 0 Å². The zero-order valence-corrected chi connectivity index (χ0v) is 9.01. The quantitative estimate of drug-likeness (QED) is 0.685. The van der Waals surface area contributed by atoms with E-state index in [1.54, 1.807) is 7.11 Å². The molecule has 2 heteroatoms. The largest absolute Gasteiger partial charge is 0.377 e. The molecular formula is C11H23NO. The molecule has 2 nitrogen and oxygen atoms in total. The molecule has 78 valence electrons. The molecule has 0 aromatic heterocycles. The highest BCUT2D eigenvalue weighted by Gasteiger charge is 2.32. The molecular weight excluding hydrogens is 162 g/mol. The first kappa shape index (κ1) is 11.0. The van der Waals surface area contributed by atoms with Crippen LogP contribution in [0, 0.1) is 5.92 Å². The van der Waals surface area contributed by atoms with Gasteiger partial charge in [-0.2, -0.15) is 0 Å². The van der Waals surface area contributed by atoms with Crippen LogP contribution in [0.25, 0.3) is 0 Å². The van der Waals surface area contributed by atoms with E-state index in [4.69, 9.17) is 10.5 Å². The lowest BCUT2D eigenvalue weighted by Crippen LogP contribution is -2.43. The van der Waals surface area contributed by atoms with Gasteiger partial charge in [-0.05, 0) is 25.7 Å². The van der Waals surface area contributed by atoms with E-state index in [2.05, 4.69) is 6.92 Å². The fraction of sp³-hybridized carbons (Fsp3) is 1.00. The summed E-state index contributed by atoms with van der Waals surface area (Å²) in [6, 6.07) is 0. The SMILES string of the molecule is COC(C)(CN)C1CCCCCC1. The third-order valence-electron chi connectivity index (χ3n) is 3.59. The molecule has 0 radical (unpaired) electrons. The van der Waals surface area contributed by atoms with E-state index >= 15 is 0 Å². The molecule has 1 unspecified atom stereocenters. The maximum atomic E-state index is 5.77. The van der Waals surface area contributed by atoms with Gasteiger partial charge in [-0.25, -0.2) is 0 Å². The van der Waals surface area contributed by atoms with Gasteiger partial charge in [0.2, 0.25) is 0 Å². The Bertz CT molecular complexity index is 135. The molecule has 0 heterocycles. The van der Waals surface area contributed by atoms with Gasteiger partial charge in [0.25, 0.3) is 0 Å². The summed E-state index contributed by atoms with van der Waals surface area (Å²) in [6.07, 6.45) is 8.07. The van der Waals surface area contributed by atoms with E-state index in [1.165, 1.54) is 38.5 Å². The van der Waals surface area contributed by atoms with Crippen LogP contribution in [-0.4, -0.2) is 19.3 Å². The summed E-state index contributed by atoms with van der Waals surface area (Å²) in [4.78, 5) is 0. The molecule has 1 aliphatic carbocycles. The van der Waals surface area contributed by atoms with Crippen LogP contribution in [0.5, 0.6) is 0 Å². The lowest BCUT2D eigenvalue weighted by Gasteiger charge is -2.35. The van der Waals surface area contributed by atoms with Crippen molar-refractivity contribution in [2.45, 2.75) is 51.0 Å². The average Bonchev–Trinajstić information content (AvgIpc) is 2.45. The number of hydrogen-bond donors (Lipinski definition) is 1. The minimum absolute atomic E-state index is 0.0790. The topological polar surface area (TPSA) is 35.2 Å². The van der Waals surface area contributed by atoms with Gasteiger partial charge >= 0.3 is 0 Å². The minimum Gasteiger partial charge on any atom is -0.377 e. The zero-order valence-electron chi connectivity index (χ0n) is 9.01. The summed E-state index contributed by atoms with van der Waals surface area (Å²) in [5.74, 6) is 0.671. The van der Waals surface area contributed by atoms with Crippen molar-refractivity contribution in [1.82, 2.24) is 0 Å². The van der Waals surface area contributed by atoms with Crippen molar-refractivity contribution in [3.8, 4) is 0 Å². The average molecular weight is 185 g/mol. The summed E-state index contributed by atoms with van der Waals surface area (Å²) < 4.78 is 5.56. The zero-order chi connectivity index (χ0) is 9.73. The van der Waals surface area contributed by atoms with Crippen LogP contribution in [-0.2, 0) is 4.74 Å². The highest BCUT2D eigenvalue weighted by Crippen LogP contribution is 2.32. The minimum atomic E-state index is -0.0790. The summed E-state index contributed by atoms with van der Waals surface area (Å²) in [5, 5.41) is 0. The molecule has 1 atom stereocenters. The summed E-state index contributed by atoms with van der Waals surface area (Å²) in [5.41, 5.74) is 5.70. The smallest absolute Gasteiger partial charge is 0.0800 e. The number of ether oxygens (including phenoxy) is 1. The van der Waals surface area contributed by atoms with Crippen molar-refractivity contribution in [2.24, 2.45) is 11.7 Å². The van der Waals surface area contributed by atoms with E-state index in [9.17, 15) is 0 Å². The van der Waals surface area contributed by atoms with Gasteiger partial charge in [0, 0.05) is 13.7 Å². The fourth-order valence-electron chi connectivity index (χ4n) is 2.31. The number of nitrogens with two attached hydrogens (primary N) is 1. The highest BCUT2D eigenvalue weighted by atomic mass is 16.5. The predicted octanol–water partition coefficient (Wildman–Crippen LogP) is 2.32. The van der Waals surface area contributed by atoms with Crippen LogP contribution in [0.2, 0.25) is 0 Å². The van der Waals surface area contributed by atoms with Gasteiger partial charge in [0.15, 0.2) is 0 Å². The van der Waals surface area contributed by atoms with Crippen LogP contribution >= 0.6 is 0 Å². The van der Waals surface area contributed by atoms with Crippen molar-refractivity contribution in [2.75, 3.05) is 13.7 Å². The molecule has 2 N–H and O–H groups in total. The molecule has 0 spiro atoms. The van der Waals surface area contributed by atoms with Gasteiger partial charge in [-0.1, -0.05) is 25.7 Å². The molecule has 0 aromatic carbocycles.